The average molecular weight is 357 g/mol. The second kappa shape index (κ2) is 10.3. The molecule has 2 aromatic rings. The Labute approximate surface area is 155 Å². The number of nitrogens with one attached hydrogen (secondary N) is 1. The molecule has 0 amide bonds. The van der Waals surface area contributed by atoms with E-state index >= 15 is 0 Å². The summed E-state index contributed by atoms with van der Waals surface area (Å²) in [5.74, 6) is 1.95. The zero-order chi connectivity index (χ0) is 18.8. The number of hydrogen-bond donors (Lipinski definition) is 2. The first-order valence-electron chi connectivity index (χ1n) is 8.63. The third-order valence-corrected chi connectivity index (χ3v) is 3.69. The van der Waals surface area contributed by atoms with Crippen molar-refractivity contribution >= 4 is 11.6 Å². The lowest BCUT2D eigenvalue weighted by molar-refractivity contribution is 0.110. The van der Waals surface area contributed by atoms with Crippen LogP contribution in [0.4, 0.5) is 5.69 Å². The highest BCUT2D eigenvalue weighted by Gasteiger charge is 2.05. The van der Waals surface area contributed by atoms with Gasteiger partial charge in [-0.05, 0) is 49.7 Å². The van der Waals surface area contributed by atoms with Crippen molar-refractivity contribution in [1.82, 2.24) is 0 Å². The first kappa shape index (κ1) is 19.6. The van der Waals surface area contributed by atoms with Crippen LogP contribution in [-0.4, -0.2) is 32.9 Å². The van der Waals surface area contributed by atoms with Gasteiger partial charge in [-0.3, -0.25) is 0 Å². The molecule has 6 nitrogen and oxygen atoms in total. The molecule has 0 aliphatic rings. The maximum absolute atomic E-state index is 5.99. The van der Waals surface area contributed by atoms with Crippen LogP contribution in [0.1, 0.15) is 18.1 Å². The summed E-state index contributed by atoms with van der Waals surface area (Å²) in [6.45, 7) is 6.18. The molecular weight excluding hydrogens is 330 g/mol. The van der Waals surface area contributed by atoms with Crippen LogP contribution in [0.2, 0.25) is 0 Å². The molecule has 140 valence electrons. The number of hydrogen-bond acceptors (Lipinski definition) is 4. The Kier molecular flexibility index (Phi) is 7.76. The van der Waals surface area contributed by atoms with Gasteiger partial charge in [-0.1, -0.05) is 12.1 Å². The van der Waals surface area contributed by atoms with E-state index in [1.54, 1.807) is 7.11 Å². The second-order valence-electron chi connectivity index (χ2n) is 5.71. The summed E-state index contributed by atoms with van der Waals surface area (Å²) >= 11 is 0. The summed E-state index contributed by atoms with van der Waals surface area (Å²) in [7, 11) is 1.63. The Hall–Kier alpha value is -2.73. The summed E-state index contributed by atoms with van der Waals surface area (Å²) in [5.41, 5.74) is 8.95. The van der Waals surface area contributed by atoms with Crippen LogP contribution in [0, 0.1) is 6.92 Å². The van der Waals surface area contributed by atoms with Gasteiger partial charge in [0.15, 0.2) is 5.96 Å². The summed E-state index contributed by atoms with van der Waals surface area (Å²) in [6, 6.07) is 13.5. The van der Waals surface area contributed by atoms with Crippen LogP contribution in [0.3, 0.4) is 0 Å². The molecule has 0 saturated carbocycles. The van der Waals surface area contributed by atoms with Crippen molar-refractivity contribution in [3.63, 3.8) is 0 Å². The van der Waals surface area contributed by atoms with Gasteiger partial charge in [-0.15, -0.1) is 0 Å². The molecule has 26 heavy (non-hydrogen) atoms. The van der Waals surface area contributed by atoms with Crippen molar-refractivity contribution in [2.75, 3.05) is 32.2 Å². The minimum Gasteiger partial charge on any atom is -0.497 e. The molecule has 2 rings (SSSR count). The van der Waals surface area contributed by atoms with Gasteiger partial charge in [0.05, 0.1) is 20.3 Å². The van der Waals surface area contributed by atoms with Crippen LogP contribution in [0.25, 0.3) is 0 Å². The number of aliphatic imine (C=N–C) groups is 1. The van der Waals surface area contributed by atoms with Crippen molar-refractivity contribution < 1.29 is 14.2 Å². The number of aryl methyl sites for hydroxylation is 1. The number of nitrogens with two attached hydrogens (primary N) is 1. The molecule has 0 fully saturated rings. The quantitative estimate of drug-likeness (QED) is 0.409. The predicted molar refractivity (Wildman–Crippen MR) is 105 cm³/mol. The van der Waals surface area contributed by atoms with Gasteiger partial charge in [0.25, 0.3) is 0 Å². The average Bonchev–Trinajstić information content (AvgIpc) is 2.65. The molecular formula is C20H27N3O3. The van der Waals surface area contributed by atoms with Gasteiger partial charge >= 0.3 is 0 Å². The highest BCUT2D eigenvalue weighted by molar-refractivity contribution is 5.92. The number of methoxy groups -OCH3 is 1. The Bertz CT molecular complexity index is 715. The molecule has 0 bridgehead atoms. The van der Waals surface area contributed by atoms with Gasteiger partial charge < -0.3 is 25.3 Å². The highest BCUT2D eigenvalue weighted by Crippen LogP contribution is 2.21. The van der Waals surface area contributed by atoms with Crippen molar-refractivity contribution in [3.05, 3.63) is 53.6 Å². The molecule has 0 radical (unpaired) electrons. The second-order valence-corrected chi connectivity index (χ2v) is 5.71. The minimum absolute atomic E-state index is 0.344. The normalized spacial score (nSPS) is 11.3. The smallest absolute Gasteiger partial charge is 0.193 e. The van der Waals surface area contributed by atoms with E-state index in [0.717, 1.165) is 28.3 Å². The molecule has 2 aromatic carbocycles. The number of nitrogens with zero attached hydrogens (tertiary/aromatic N) is 1. The molecule has 0 heterocycles. The first-order valence-corrected chi connectivity index (χ1v) is 8.63. The Morgan fingerprint density at radius 2 is 1.88 bits per heavy atom. The van der Waals surface area contributed by atoms with Crippen molar-refractivity contribution in [3.8, 4) is 11.5 Å². The van der Waals surface area contributed by atoms with Crippen LogP contribution >= 0.6 is 0 Å². The summed E-state index contributed by atoms with van der Waals surface area (Å²) in [5, 5.41) is 3.07. The summed E-state index contributed by atoms with van der Waals surface area (Å²) in [4.78, 5) is 4.41. The molecule has 0 atom stereocenters. The van der Waals surface area contributed by atoms with Gasteiger partial charge in [-0.2, -0.15) is 0 Å². The standard InChI is InChI=1S/C20H27N3O3/c1-4-25-11-12-26-19-13-15(2)5-6-16(19)14-22-20(21)23-17-7-9-18(24-3)10-8-17/h5-10,13H,4,11-12,14H2,1-3H3,(H3,21,22,23). The van der Waals surface area contributed by atoms with Crippen LogP contribution in [-0.2, 0) is 11.3 Å². The fraction of sp³-hybridized carbons (Fsp3) is 0.350. The van der Waals surface area contributed by atoms with E-state index in [0.29, 0.717) is 32.3 Å². The van der Waals surface area contributed by atoms with Gasteiger partial charge in [0.2, 0.25) is 0 Å². The van der Waals surface area contributed by atoms with Crippen molar-refractivity contribution in [2.24, 2.45) is 10.7 Å². The highest BCUT2D eigenvalue weighted by atomic mass is 16.5. The van der Waals surface area contributed by atoms with Crippen molar-refractivity contribution in [2.45, 2.75) is 20.4 Å². The molecule has 0 unspecified atom stereocenters. The number of rotatable bonds is 9. The lowest BCUT2D eigenvalue weighted by Crippen LogP contribution is -2.22. The topological polar surface area (TPSA) is 78.1 Å². The number of anilines is 1. The first-order chi connectivity index (χ1) is 12.6. The van der Waals surface area contributed by atoms with E-state index < -0.39 is 0 Å². The minimum atomic E-state index is 0.344. The Morgan fingerprint density at radius 3 is 2.58 bits per heavy atom. The Balaban J connectivity index is 1.98. The molecule has 0 saturated heterocycles. The molecule has 3 N–H and O–H groups in total. The third-order valence-electron chi connectivity index (χ3n) is 3.69. The van der Waals surface area contributed by atoms with Gasteiger partial charge in [-0.25, -0.2) is 4.99 Å². The predicted octanol–water partition coefficient (Wildman–Crippen LogP) is 3.35. The monoisotopic (exact) mass is 357 g/mol. The van der Waals surface area contributed by atoms with Gasteiger partial charge in [0.1, 0.15) is 18.1 Å². The van der Waals surface area contributed by atoms with Crippen LogP contribution < -0.4 is 20.5 Å². The van der Waals surface area contributed by atoms with E-state index in [9.17, 15) is 0 Å². The number of ether oxygens (including phenoxy) is 3. The third kappa shape index (κ3) is 6.29. The van der Waals surface area contributed by atoms with Crippen LogP contribution in [0.5, 0.6) is 11.5 Å². The summed E-state index contributed by atoms with van der Waals surface area (Å²) < 4.78 is 16.3. The fourth-order valence-corrected chi connectivity index (χ4v) is 2.31. The molecule has 0 spiro atoms. The lowest BCUT2D eigenvalue weighted by atomic mass is 10.1. The van der Waals surface area contributed by atoms with E-state index in [1.165, 1.54) is 0 Å². The van der Waals surface area contributed by atoms with Crippen molar-refractivity contribution in [1.29, 1.82) is 0 Å². The molecule has 0 aliphatic carbocycles. The SMILES string of the molecule is CCOCCOc1cc(C)ccc1CN=C(N)Nc1ccc(OC)cc1. The van der Waals surface area contributed by atoms with E-state index in [-0.39, 0.29) is 0 Å². The van der Waals surface area contributed by atoms with E-state index in [2.05, 4.69) is 10.3 Å². The molecule has 0 aliphatic heterocycles. The molecule has 0 aromatic heterocycles. The molecule has 6 heteroatoms. The number of benzene rings is 2. The lowest BCUT2D eigenvalue weighted by Gasteiger charge is -2.12. The largest absolute Gasteiger partial charge is 0.497 e. The van der Waals surface area contributed by atoms with E-state index in [1.807, 2.05) is 56.3 Å². The van der Waals surface area contributed by atoms with Crippen LogP contribution in [0.15, 0.2) is 47.5 Å². The fourth-order valence-electron chi connectivity index (χ4n) is 2.31. The maximum Gasteiger partial charge on any atom is 0.193 e. The number of guanidine groups is 1. The summed E-state index contributed by atoms with van der Waals surface area (Å²) in [6.07, 6.45) is 0. The van der Waals surface area contributed by atoms with Gasteiger partial charge in [0, 0.05) is 17.9 Å². The zero-order valence-electron chi connectivity index (χ0n) is 15.6. The zero-order valence-corrected chi connectivity index (χ0v) is 15.6. The van der Waals surface area contributed by atoms with E-state index in [4.69, 9.17) is 19.9 Å². The Morgan fingerprint density at radius 1 is 1.12 bits per heavy atom. The maximum atomic E-state index is 5.99.